The smallest absolute Gasteiger partial charge is 0.251 e. The van der Waals surface area contributed by atoms with Crippen LogP contribution in [0.3, 0.4) is 0 Å². The number of rotatable bonds is 7. The molecule has 130 valence electrons. The molecule has 0 heterocycles. The summed E-state index contributed by atoms with van der Waals surface area (Å²) in [5.41, 5.74) is 1.53. The topological polar surface area (TPSA) is 58.6 Å². The van der Waals surface area contributed by atoms with Gasteiger partial charge in [0.15, 0.2) is 0 Å². The minimum atomic E-state index is -0.234. The van der Waals surface area contributed by atoms with Crippen LogP contribution in [0.1, 0.15) is 28.8 Å². The predicted octanol–water partition coefficient (Wildman–Crippen LogP) is 2.62. The number of amides is 2. The second-order valence-electron chi connectivity index (χ2n) is 6.11. The Morgan fingerprint density at radius 2 is 1.76 bits per heavy atom. The summed E-state index contributed by atoms with van der Waals surface area (Å²) in [5.74, 6) is 0.467. The quantitative estimate of drug-likeness (QED) is 0.844. The Morgan fingerprint density at radius 1 is 1.08 bits per heavy atom. The largest absolute Gasteiger partial charge is 0.496 e. The van der Waals surface area contributed by atoms with E-state index in [0.717, 1.165) is 24.2 Å². The van der Waals surface area contributed by atoms with Crippen LogP contribution in [0.2, 0.25) is 0 Å². The normalized spacial score (nSPS) is 13.2. The van der Waals surface area contributed by atoms with Gasteiger partial charge in [-0.1, -0.05) is 36.4 Å². The number of carbonyl (C=O) groups is 2. The zero-order chi connectivity index (χ0) is 17.6. The van der Waals surface area contributed by atoms with Crippen LogP contribution in [-0.2, 0) is 11.3 Å². The average molecular weight is 338 g/mol. The first kappa shape index (κ1) is 17.0. The van der Waals surface area contributed by atoms with Gasteiger partial charge in [-0.05, 0) is 31.0 Å². The number of para-hydroxylation sites is 1. The van der Waals surface area contributed by atoms with Crippen molar-refractivity contribution < 1.29 is 14.3 Å². The molecule has 0 atom stereocenters. The standard InChI is InChI=1S/C20H22N2O3/c1-25-18-10-6-5-9-16(18)14-22(17-11-12-17)19(23)13-21-20(24)15-7-3-2-4-8-15/h2-10,17H,11-14H2,1H3,(H,21,24). The van der Waals surface area contributed by atoms with Crippen molar-refractivity contribution in [3.05, 3.63) is 65.7 Å². The van der Waals surface area contributed by atoms with Gasteiger partial charge >= 0.3 is 0 Å². The fourth-order valence-electron chi connectivity index (χ4n) is 2.77. The van der Waals surface area contributed by atoms with E-state index in [-0.39, 0.29) is 24.4 Å². The Kier molecular flexibility index (Phi) is 5.33. The molecule has 0 spiro atoms. The van der Waals surface area contributed by atoms with Gasteiger partial charge in [0.05, 0.1) is 13.7 Å². The number of hydrogen-bond acceptors (Lipinski definition) is 3. The van der Waals surface area contributed by atoms with Crippen molar-refractivity contribution in [1.82, 2.24) is 10.2 Å². The van der Waals surface area contributed by atoms with Crippen LogP contribution in [0.15, 0.2) is 54.6 Å². The minimum Gasteiger partial charge on any atom is -0.496 e. The fourth-order valence-corrected chi connectivity index (χ4v) is 2.77. The fraction of sp³-hybridized carbons (Fsp3) is 0.300. The van der Waals surface area contributed by atoms with Crippen LogP contribution in [0, 0.1) is 0 Å². The Morgan fingerprint density at radius 3 is 2.44 bits per heavy atom. The molecule has 0 aliphatic heterocycles. The van der Waals surface area contributed by atoms with Crippen LogP contribution in [0.25, 0.3) is 0 Å². The molecule has 0 saturated heterocycles. The molecule has 0 aromatic heterocycles. The van der Waals surface area contributed by atoms with E-state index in [1.807, 2.05) is 35.2 Å². The molecule has 0 radical (unpaired) electrons. The highest BCUT2D eigenvalue weighted by Crippen LogP contribution is 2.30. The molecule has 1 N–H and O–H groups in total. The number of ether oxygens (including phenoxy) is 1. The van der Waals surface area contributed by atoms with E-state index in [4.69, 9.17) is 4.74 Å². The summed E-state index contributed by atoms with van der Waals surface area (Å²) in [5, 5.41) is 2.71. The number of nitrogens with zero attached hydrogens (tertiary/aromatic N) is 1. The Balaban J connectivity index is 1.63. The molecule has 0 unspecified atom stereocenters. The van der Waals surface area contributed by atoms with Crippen molar-refractivity contribution in [2.75, 3.05) is 13.7 Å². The van der Waals surface area contributed by atoms with Gasteiger partial charge in [-0.3, -0.25) is 9.59 Å². The maximum atomic E-state index is 12.6. The lowest BCUT2D eigenvalue weighted by Crippen LogP contribution is -2.41. The minimum absolute atomic E-state index is 0.000618. The number of nitrogens with one attached hydrogen (secondary N) is 1. The van der Waals surface area contributed by atoms with Crippen molar-refractivity contribution in [2.24, 2.45) is 0 Å². The van der Waals surface area contributed by atoms with E-state index in [0.29, 0.717) is 12.1 Å². The van der Waals surface area contributed by atoms with Crippen LogP contribution in [-0.4, -0.2) is 36.4 Å². The first-order valence-corrected chi connectivity index (χ1v) is 8.43. The lowest BCUT2D eigenvalue weighted by atomic mass is 10.2. The molecule has 25 heavy (non-hydrogen) atoms. The lowest BCUT2D eigenvalue weighted by molar-refractivity contribution is -0.131. The zero-order valence-corrected chi connectivity index (χ0v) is 14.3. The van der Waals surface area contributed by atoms with Crippen molar-refractivity contribution in [1.29, 1.82) is 0 Å². The first-order valence-electron chi connectivity index (χ1n) is 8.43. The SMILES string of the molecule is COc1ccccc1CN(C(=O)CNC(=O)c1ccccc1)C1CC1. The Bertz CT molecular complexity index is 742. The van der Waals surface area contributed by atoms with Gasteiger partial charge < -0.3 is 15.0 Å². The molecular weight excluding hydrogens is 316 g/mol. The molecule has 2 amide bonds. The number of benzene rings is 2. The highest BCUT2D eigenvalue weighted by Gasteiger charge is 2.33. The summed E-state index contributed by atoms with van der Waals surface area (Å²) < 4.78 is 5.37. The van der Waals surface area contributed by atoms with Gasteiger partial charge in [-0.25, -0.2) is 0 Å². The number of methoxy groups -OCH3 is 1. The number of carbonyl (C=O) groups excluding carboxylic acids is 2. The molecule has 5 heteroatoms. The third kappa shape index (κ3) is 4.38. The molecule has 1 aliphatic carbocycles. The van der Waals surface area contributed by atoms with Gasteiger partial charge in [0.25, 0.3) is 5.91 Å². The van der Waals surface area contributed by atoms with Crippen molar-refractivity contribution in [3.8, 4) is 5.75 Å². The van der Waals surface area contributed by atoms with Gasteiger partial charge in [0.2, 0.25) is 5.91 Å². The van der Waals surface area contributed by atoms with Crippen LogP contribution < -0.4 is 10.1 Å². The molecule has 3 rings (SSSR count). The molecular formula is C20H22N2O3. The molecule has 1 fully saturated rings. The maximum absolute atomic E-state index is 12.6. The summed E-state index contributed by atoms with van der Waals surface area (Å²) in [6, 6.07) is 16.9. The third-order valence-corrected chi connectivity index (χ3v) is 4.28. The second-order valence-corrected chi connectivity index (χ2v) is 6.11. The summed E-state index contributed by atoms with van der Waals surface area (Å²) in [7, 11) is 1.63. The van der Waals surface area contributed by atoms with E-state index in [9.17, 15) is 9.59 Å². The average Bonchev–Trinajstić information content (AvgIpc) is 3.50. The van der Waals surface area contributed by atoms with E-state index < -0.39 is 0 Å². The van der Waals surface area contributed by atoms with Crippen molar-refractivity contribution in [2.45, 2.75) is 25.4 Å². The van der Waals surface area contributed by atoms with E-state index in [2.05, 4.69) is 5.32 Å². The van der Waals surface area contributed by atoms with Crippen LogP contribution in [0.5, 0.6) is 5.75 Å². The van der Waals surface area contributed by atoms with Crippen molar-refractivity contribution in [3.63, 3.8) is 0 Å². The summed E-state index contributed by atoms with van der Waals surface area (Å²) in [6.07, 6.45) is 2.01. The van der Waals surface area contributed by atoms with Gasteiger partial charge in [-0.2, -0.15) is 0 Å². The zero-order valence-electron chi connectivity index (χ0n) is 14.3. The molecule has 0 bridgehead atoms. The highest BCUT2D eigenvalue weighted by atomic mass is 16.5. The Labute approximate surface area is 147 Å². The Hall–Kier alpha value is -2.82. The number of hydrogen-bond donors (Lipinski definition) is 1. The second kappa shape index (κ2) is 7.83. The molecule has 1 saturated carbocycles. The highest BCUT2D eigenvalue weighted by molar-refractivity contribution is 5.96. The summed E-state index contributed by atoms with van der Waals surface area (Å²) in [6.45, 7) is 0.494. The third-order valence-electron chi connectivity index (χ3n) is 4.28. The summed E-state index contributed by atoms with van der Waals surface area (Å²) in [4.78, 5) is 26.6. The molecule has 1 aliphatic rings. The van der Waals surface area contributed by atoms with Gasteiger partial charge in [0, 0.05) is 23.7 Å². The lowest BCUT2D eigenvalue weighted by Gasteiger charge is -2.23. The summed E-state index contributed by atoms with van der Waals surface area (Å²) >= 11 is 0. The van der Waals surface area contributed by atoms with Crippen LogP contribution in [0.4, 0.5) is 0 Å². The van der Waals surface area contributed by atoms with Crippen LogP contribution >= 0.6 is 0 Å². The molecule has 2 aromatic rings. The van der Waals surface area contributed by atoms with E-state index in [1.54, 1.807) is 31.4 Å². The van der Waals surface area contributed by atoms with Gasteiger partial charge in [-0.15, -0.1) is 0 Å². The predicted molar refractivity (Wildman–Crippen MR) is 95.3 cm³/mol. The van der Waals surface area contributed by atoms with Gasteiger partial charge in [0.1, 0.15) is 5.75 Å². The monoisotopic (exact) mass is 338 g/mol. The van der Waals surface area contributed by atoms with Crippen molar-refractivity contribution >= 4 is 11.8 Å². The molecule has 5 nitrogen and oxygen atoms in total. The first-order chi connectivity index (χ1) is 12.2. The molecule has 2 aromatic carbocycles. The maximum Gasteiger partial charge on any atom is 0.251 e. The van der Waals surface area contributed by atoms with E-state index in [1.165, 1.54) is 0 Å². The van der Waals surface area contributed by atoms with E-state index >= 15 is 0 Å².